The van der Waals surface area contributed by atoms with Crippen molar-refractivity contribution in [3.05, 3.63) is 58.6 Å². The van der Waals surface area contributed by atoms with Gasteiger partial charge in [0, 0.05) is 17.6 Å². The maximum atomic E-state index is 12.0. The summed E-state index contributed by atoms with van der Waals surface area (Å²) < 4.78 is 16.5. The van der Waals surface area contributed by atoms with Crippen LogP contribution >= 0.6 is 11.6 Å². The van der Waals surface area contributed by atoms with Crippen LogP contribution in [0.3, 0.4) is 0 Å². The molecule has 5 nitrogen and oxygen atoms in total. The molecule has 26 heavy (non-hydrogen) atoms. The van der Waals surface area contributed by atoms with Gasteiger partial charge in [-0.2, -0.15) is 0 Å². The Labute approximate surface area is 157 Å². The molecule has 0 unspecified atom stereocenters. The van der Waals surface area contributed by atoms with Gasteiger partial charge in [-0.05, 0) is 47.9 Å². The molecule has 2 aromatic carbocycles. The fourth-order valence-corrected chi connectivity index (χ4v) is 2.86. The Morgan fingerprint density at radius 1 is 1.27 bits per heavy atom. The number of hydrogen-bond donors (Lipinski definition) is 1. The lowest BCUT2D eigenvalue weighted by Gasteiger charge is -2.20. The number of methoxy groups -OCH3 is 1. The third-order valence-corrected chi connectivity index (χ3v) is 4.11. The number of halogens is 1. The number of carbonyl (C=O) groups excluding carboxylic acids is 1. The van der Waals surface area contributed by atoms with Crippen LogP contribution in [0.2, 0.25) is 5.02 Å². The zero-order valence-electron chi connectivity index (χ0n) is 14.5. The van der Waals surface area contributed by atoms with E-state index in [1.165, 1.54) is 6.08 Å². The maximum Gasteiger partial charge on any atom is 0.244 e. The monoisotopic (exact) mass is 373 g/mol. The molecule has 0 radical (unpaired) electrons. The molecule has 0 aromatic heterocycles. The maximum absolute atomic E-state index is 12.0. The van der Waals surface area contributed by atoms with E-state index in [0.29, 0.717) is 42.0 Å². The summed E-state index contributed by atoms with van der Waals surface area (Å²) in [6, 6.07) is 11.2. The summed E-state index contributed by atoms with van der Waals surface area (Å²) in [6.07, 6.45) is 3.93. The second-order valence-corrected chi connectivity index (χ2v) is 6.19. The summed E-state index contributed by atoms with van der Waals surface area (Å²) in [7, 11) is 1.57. The number of hydrogen-bond acceptors (Lipinski definition) is 4. The Morgan fingerprint density at radius 2 is 2.12 bits per heavy atom. The van der Waals surface area contributed by atoms with Crippen molar-refractivity contribution in [1.29, 1.82) is 0 Å². The topological polar surface area (TPSA) is 56.8 Å². The highest BCUT2D eigenvalue weighted by Crippen LogP contribution is 2.40. The van der Waals surface area contributed by atoms with E-state index >= 15 is 0 Å². The number of carbonyl (C=O) groups is 1. The van der Waals surface area contributed by atoms with Gasteiger partial charge in [-0.15, -0.1) is 0 Å². The molecule has 1 N–H and O–H groups in total. The van der Waals surface area contributed by atoms with Crippen molar-refractivity contribution in [3.8, 4) is 17.2 Å². The molecule has 0 aliphatic carbocycles. The molecular formula is C20H20ClNO4. The van der Waals surface area contributed by atoms with Crippen LogP contribution in [0.15, 0.2) is 42.5 Å². The van der Waals surface area contributed by atoms with Gasteiger partial charge >= 0.3 is 0 Å². The van der Waals surface area contributed by atoms with Crippen LogP contribution in [0.25, 0.3) is 6.08 Å². The summed E-state index contributed by atoms with van der Waals surface area (Å²) >= 11 is 5.95. The van der Waals surface area contributed by atoms with Gasteiger partial charge in [0.1, 0.15) is 13.2 Å². The number of ether oxygens (including phenoxy) is 3. The van der Waals surface area contributed by atoms with Gasteiger partial charge in [0.2, 0.25) is 11.7 Å². The number of benzene rings is 2. The highest BCUT2D eigenvalue weighted by atomic mass is 35.5. The molecule has 1 amide bonds. The Hall–Kier alpha value is -2.66. The first kappa shape index (κ1) is 18.1. The molecule has 0 atom stereocenters. The van der Waals surface area contributed by atoms with E-state index in [2.05, 4.69) is 5.32 Å². The fourth-order valence-electron chi connectivity index (χ4n) is 2.64. The zero-order chi connectivity index (χ0) is 18.4. The molecular weight excluding hydrogens is 354 g/mol. The summed E-state index contributed by atoms with van der Waals surface area (Å²) in [5, 5.41) is 3.55. The van der Waals surface area contributed by atoms with Gasteiger partial charge in [0.25, 0.3) is 0 Å². The molecule has 136 valence electrons. The van der Waals surface area contributed by atoms with Crippen molar-refractivity contribution in [2.75, 3.05) is 26.9 Å². The Kier molecular flexibility index (Phi) is 6.02. The molecule has 1 heterocycles. The lowest BCUT2D eigenvalue weighted by molar-refractivity contribution is -0.116. The van der Waals surface area contributed by atoms with E-state index < -0.39 is 0 Å². The number of nitrogens with one attached hydrogen (secondary N) is 1. The summed E-state index contributed by atoms with van der Waals surface area (Å²) in [6.45, 7) is 1.52. The molecule has 0 saturated heterocycles. The van der Waals surface area contributed by atoms with Crippen LogP contribution in [-0.2, 0) is 11.2 Å². The van der Waals surface area contributed by atoms with Crippen LogP contribution in [-0.4, -0.2) is 32.8 Å². The lowest BCUT2D eigenvalue weighted by atomic mass is 10.1. The predicted molar refractivity (Wildman–Crippen MR) is 101 cm³/mol. The van der Waals surface area contributed by atoms with Crippen molar-refractivity contribution in [3.63, 3.8) is 0 Å². The van der Waals surface area contributed by atoms with E-state index in [0.717, 1.165) is 17.5 Å². The molecule has 6 heteroatoms. The van der Waals surface area contributed by atoms with E-state index in [9.17, 15) is 4.79 Å². The van der Waals surface area contributed by atoms with Gasteiger partial charge in [-0.1, -0.05) is 23.7 Å². The molecule has 2 aromatic rings. The Bertz CT molecular complexity index is 802. The first-order valence-electron chi connectivity index (χ1n) is 8.33. The quantitative estimate of drug-likeness (QED) is 0.787. The summed E-state index contributed by atoms with van der Waals surface area (Å²) in [5.74, 6) is 1.64. The highest BCUT2D eigenvalue weighted by molar-refractivity contribution is 6.30. The lowest BCUT2D eigenvalue weighted by Crippen LogP contribution is -2.23. The second-order valence-electron chi connectivity index (χ2n) is 5.75. The predicted octanol–water partition coefficient (Wildman–Crippen LogP) is 3.49. The average Bonchev–Trinajstić information content (AvgIpc) is 2.65. The normalized spacial score (nSPS) is 12.8. The van der Waals surface area contributed by atoms with E-state index in [4.69, 9.17) is 25.8 Å². The van der Waals surface area contributed by atoms with Crippen molar-refractivity contribution < 1.29 is 19.0 Å². The van der Waals surface area contributed by atoms with E-state index in [1.54, 1.807) is 13.2 Å². The molecule has 0 saturated carbocycles. The fraction of sp³-hybridized carbons (Fsp3) is 0.250. The van der Waals surface area contributed by atoms with E-state index in [1.807, 2.05) is 36.4 Å². The summed E-state index contributed by atoms with van der Waals surface area (Å²) in [4.78, 5) is 12.0. The first-order valence-corrected chi connectivity index (χ1v) is 8.71. The van der Waals surface area contributed by atoms with Crippen molar-refractivity contribution in [1.82, 2.24) is 5.32 Å². The van der Waals surface area contributed by atoms with Gasteiger partial charge in [0.15, 0.2) is 11.5 Å². The van der Waals surface area contributed by atoms with Crippen LogP contribution in [0.4, 0.5) is 0 Å². The Morgan fingerprint density at radius 3 is 2.92 bits per heavy atom. The minimum Gasteiger partial charge on any atom is -0.493 e. The minimum atomic E-state index is -0.166. The van der Waals surface area contributed by atoms with Crippen LogP contribution in [0.5, 0.6) is 17.2 Å². The number of fused-ring (bicyclic) bond motifs is 1. The molecule has 1 aliphatic heterocycles. The number of amides is 1. The molecule has 1 aliphatic rings. The highest BCUT2D eigenvalue weighted by Gasteiger charge is 2.17. The van der Waals surface area contributed by atoms with Gasteiger partial charge in [-0.3, -0.25) is 4.79 Å². The SMILES string of the molecule is COc1cc(/C=C/C(=O)NCCc2cccc(Cl)c2)cc2c1OCCO2. The standard InChI is InChI=1S/C20H20ClNO4/c1-24-17-12-15(13-18-20(17)26-10-9-25-18)5-6-19(23)22-8-7-14-3-2-4-16(21)11-14/h2-6,11-13H,7-10H2,1H3,(H,22,23)/b6-5+. The van der Waals surface area contributed by atoms with Gasteiger partial charge in [-0.25, -0.2) is 0 Å². The third kappa shape index (κ3) is 4.70. The average molecular weight is 374 g/mol. The van der Waals surface area contributed by atoms with Crippen molar-refractivity contribution in [2.45, 2.75) is 6.42 Å². The van der Waals surface area contributed by atoms with Crippen molar-refractivity contribution >= 4 is 23.6 Å². The van der Waals surface area contributed by atoms with Crippen LogP contribution < -0.4 is 19.5 Å². The smallest absolute Gasteiger partial charge is 0.244 e. The first-order chi connectivity index (χ1) is 12.7. The summed E-state index contributed by atoms with van der Waals surface area (Å²) in [5.41, 5.74) is 1.88. The third-order valence-electron chi connectivity index (χ3n) is 3.88. The molecule has 0 bridgehead atoms. The molecule has 0 fully saturated rings. The number of rotatable bonds is 6. The van der Waals surface area contributed by atoms with Crippen LogP contribution in [0.1, 0.15) is 11.1 Å². The van der Waals surface area contributed by atoms with Crippen LogP contribution in [0, 0.1) is 0 Å². The van der Waals surface area contributed by atoms with Gasteiger partial charge < -0.3 is 19.5 Å². The van der Waals surface area contributed by atoms with Gasteiger partial charge in [0.05, 0.1) is 7.11 Å². The molecule has 3 rings (SSSR count). The second kappa shape index (κ2) is 8.63. The minimum absolute atomic E-state index is 0.166. The Balaban J connectivity index is 1.58. The molecule has 0 spiro atoms. The van der Waals surface area contributed by atoms with E-state index in [-0.39, 0.29) is 5.91 Å². The van der Waals surface area contributed by atoms with Crippen molar-refractivity contribution in [2.24, 2.45) is 0 Å². The largest absolute Gasteiger partial charge is 0.493 e. The zero-order valence-corrected chi connectivity index (χ0v) is 15.2.